The van der Waals surface area contributed by atoms with Gasteiger partial charge in [0.15, 0.2) is 0 Å². The van der Waals surface area contributed by atoms with Crippen LogP contribution in [-0.4, -0.2) is 19.2 Å². The maximum Gasteiger partial charge on any atom is 0.302 e. The average Bonchev–Trinajstić information content (AvgIpc) is 2.60. The lowest BCUT2D eigenvalue weighted by atomic mass is 10.2. The molecule has 0 saturated heterocycles. The normalized spacial score (nSPS) is 10.3. The van der Waals surface area contributed by atoms with Crippen molar-refractivity contribution in [1.82, 2.24) is 0 Å². The minimum Gasteiger partial charge on any atom is -0.494 e. The van der Waals surface area contributed by atoms with Gasteiger partial charge >= 0.3 is 5.97 Å². The van der Waals surface area contributed by atoms with Gasteiger partial charge in [0.2, 0.25) is 0 Å². The highest BCUT2D eigenvalue weighted by molar-refractivity contribution is 5.65. The molecular weight excluding hydrogens is 323 g/mol. The predicted octanol–water partition coefficient (Wildman–Crippen LogP) is 4.52. The molecule has 0 atom stereocenters. The largest absolute Gasteiger partial charge is 0.494 e. The van der Waals surface area contributed by atoms with Crippen LogP contribution in [0.4, 0.5) is 4.39 Å². The first-order chi connectivity index (χ1) is 12.1. The molecule has 0 aliphatic carbocycles. The van der Waals surface area contributed by atoms with Crippen LogP contribution in [-0.2, 0) is 16.1 Å². The SMILES string of the molecule is CC(=O)OCCCCCOc1ccc(OCc2cccc(F)c2)cc1. The number of rotatable bonds is 10. The van der Waals surface area contributed by atoms with Crippen LogP contribution in [0.15, 0.2) is 48.5 Å². The molecule has 134 valence electrons. The molecule has 0 bridgehead atoms. The molecule has 2 rings (SSSR count). The predicted molar refractivity (Wildman–Crippen MR) is 93.2 cm³/mol. The molecule has 2 aromatic carbocycles. The highest BCUT2D eigenvalue weighted by Gasteiger charge is 2.00. The number of halogens is 1. The number of carbonyl (C=O) groups is 1. The minimum absolute atomic E-state index is 0.240. The highest BCUT2D eigenvalue weighted by atomic mass is 19.1. The maximum absolute atomic E-state index is 13.1. The summed E-state index contributed by atoms with van der Waals surface area (Å²) in [6.45, 7) is 2.81. The summed E-state index contributed by atoms with van der Waals surface area (Å²) in [4.78, 5) is 10.6. The summed E-state index contributed by atoms with van der Waals surface area (Å²) < 4.78 is 29.3. The number of benzene rings is 2. The summed E-state index contributed by atoms with van der Waals surface area (Å²) in [6, 6.07) is 13.7. The van der Waals surface area contributed by atoms with Crippen LogP contribution in [0.3, 0.4) is 0 Å². The maximum atomic E-state index is 13.1. The third kappa shape index (κ3) is 7.70. The fraction of sp³-hybridized carbons (Fsp3) is 0.350. The smallest absolute Gasteiger partial charge is 0.302 e. The zero-order chi connectivity index (χ0) is 17.9. The average molecular weight is 346 g/mol. The van der Waals surface area contributed by atoms with Gasteiger partial charge in [0.1, 0.15) is 23.9 Å². The number of hydrogen-bond donors (Lipinski definition) is 0. The fourth-order valence-electron chi connectivity index (χ4n) is 2.21. The Morgan fingerprint density at radius 3 is 2.28 bits per heavy atom. The molecule has 0 aliphatic rings. The molecule has 0 amide bonds. The van der Waals surface area contributed by atoms with Gasteiger partial charge in [-0.3, -0.25) is 4.79 Å². The van der Waals surface area contributed by atoms with Crippen molar-refractivity contribution in [2.75, 3.05) is 13.2 Å². The Morgan fingerprint density at radius 1 is 0.920 bits per heavy atom. The molecule has 0 heterocycles. The van der Waals surface area contributed by atoms with Gasteiger partial charge in [-0.25, -0.2) is 4.39 Å². The molecule has 5 heteroatoms. The quantitative estimate of drug-likeness (QED) is 0.469. The zero-order valence-corrected chi connectivity index (χ0v) is 14.4. The van der Waals surface area contributed by atoms with E-state index in [9.17, 15) is 9.18 Å². The lowest BCUT2D eigenvalue weighted by molar-refractivity contribution is -0.141. The van der Waals surface area contributed by atoms with Crippen LogP contribution in [0.5, 0.6) is 11.5 Å². The molecule has 0 aromatic heterocycles. The van der Waals surface area contributed by atoms with Gasteiger partial charge in [0, 0.05) is 6.92 Å². The molecule has 0 unspecified atom stereocenters. The van der Waals surface area contributed by atoms with Crippen LogP contribution in [0.25, 0.3) is 0 Å². The van der Waals surface area contributed by atoms with Crippen LogP contribution in [0.2, 0.25) is 0 Å². The lowest BCUT2D eigenvalue weighted by Gasteiger charge is -2.09. The van der Waals surface area contributed by atoms with E-state index >= 15 is 0 Å². The Bertz CT molecular complexity index is 655. The Kier molecular flexibility index (Phi) is 7.76. The summed E-state index contributed by atoms with van der Waals surface area (Å²) in [5.41, 5.74) is 0.786. The van der Waals surface area contributed by atoms with E-state index in [4.69, 9.17) is 14.2 Å². The summed E-state index contributed by atoms with van der Waals surface area (Å²) in [5, 5.41) is 0. The van der Waals surface area contributed by atoms with E-state index in [0.29, 0.717) is 25.6 Å². The van der Waals surface area contributed by atoms with Crippen molar-refractivity contribution in [2.45, 2.75) is 32.8 Å². The second-order valence-corrected chi connectivity index (χ2v) is 5.64. The molecule has 25 heavy (non-hydrogen) atoms. The summed E-state index contributed by atoms with van der Waals surface area (Å²) in [5.74, 6) is 0.977. The van der Waals surface area contributed by atoms with Crippen molar-refractivity contribution < 1.29 is 23.4 Å². The fourth-order valence-corrected chi connectivity index (χ4v) is 2.21. The Morgan fingerprint density at radius 2 is 1.60 bits per heavy atom. The number of unbranched alkanes of at least 4 members (excludes halogenated alkanes) is 2. The molecule has 0 aliphatic heterocycles. The second kappa shape index (κ2) is 10.3. The Balaban J connectivity index is 1.63. The molecular formula is C20H23FO4. The van der Waals surface area contributed by atoms with Crippen molar-refractivity contribution in [3.05, 3.63) is 59.9 Å². The monoisotopic (exact) mass is 346 g/mol. The van der Waals surface area contributed by atoms with Gasteiger partial charge in [0.05, 0.1) is 13.2 Å². The molecule has 0 fully saturated rings. The van der Waals surface area contributed by atoms with Gasteiger partial charge < -0.3 is 14.2 Å². The lowest BCUT2D eigenvalue weighted by Crippen LogP contribution is -2.02. The van der Waals surface area contributed by atoms with Crippen LogP contribution >= 0.6 is 0 Å². The van der Waals surface area contributed by atoms with Gasteiger partial charge in [-0.1, -0.05) is 12.1 Å². The van der Waals surface area contributed by atoms with E-state index in [1.165, 1.54) is 19.1 Å². The number of carbonyl (C=O) groups excluding carboxylic acids is 1. The summed E-state index contributed by atoms with van der Waals surface area (Å²) in [6.07, 6.45) is 2.69. The van der Waals surface area contributed by atoms with Gasteiger partial charge in [-0.05, 0) is 61.2 Å². The van der Waals surface area contributed by atoms with Crippen LogP contribution < -0.4 is 9.47 Å². The topological polar surface area (TPSA) is 44.8 Å². The van der Waals surface area contributed by atoms with Crippen LogP contribution in [0, 0.1) is 5.82 Å². The van der Waals surface area contributed by atoms with Crippen molar-refractivity contribution in [3.63, 3.8) is 0 Å². The van der Waals surface area contributed by atoms with Crippen molar-refractivity contribution in [2.24, 2.45) is 0 Å². The summed E-state index contributed by atoms with van der Waals surface area (Å²) >= 11 is 0. The van der Waals surface area contributed by atoms with Gasteiger partial charge in [0.25, 0.3) is 0 Å². The molecule has 0 saturated carbocycles. The standard InChI is InChI=1S/C20H23FO4/c1-16(22)23-12-3-2-4-13-24-19-8-10-20(11-9-19)25-15-17-6-5-7-18(21)14-17/h5-11,14H,2-4,12-13,15H2,1H3. The first kappa shape index (κ1) is 18.8. The van der Waals surface area contributed by atoms with E-state index in [1.54, 1.807) is 6.07 Å². The van der Waals surface area contributed by atoms with Crippen molar-refractivity contribution >= 4 is 5.97 Å². The third-order valence-electron chi connectivity index (χ3n) is 3.48. The van der Waals surface area contributed by atoms with E-state index < -0.39 is 0 Å². The van der Waals surface area contributed by atoms with E-state index in [-0.39, 0.29) is 11.8 Å². The highest BCUT2D eigenvalue weighted by Crippen LogP contribution is 2.19. The molecule has 0 radical (unpaired) electrons. The Hall–Kier alpha value is -2.56. The molecule has 0 N–H and O–H groups in total. The minimum atomic E-state index is -0.266. The number of ether oxygens (including phenoxy) is 3. The van der Waals surface area contributed by atoms with Crippen molar-refractivity contribution in [3.8, 4) is 11.5 Å². The second-order valence-electron chi connectivity index (χ2n) is 5.64. The molecule has 4 nitrogen and oxygen atoms in total. The van der Waals surface area contributed by atoms with Gasteiger partial charge in [-0.2, -0.15) is 0 Å². The first-order valence-corrected chi connectivity index (χ1v) is 8.37. The zero-order valence-electron chi connectivity index (χ0n) is 14.4. The van der Waals surface area contributed by atoms with E-state index in [2.05, 4.69) is 0 Å². The van der Waals surface area contributed by atoms with Crippen LogP contribution in [0.1, 0.15) is 31.7 Å². The number of hydrogen-bond acceptors (Lipinski definition) is 4. The third-order valence-corrected chi connectivity index (χ3v) is 3.48. The van der Waals surface area contributed by atoms with E-state index in [1.807, 2.05) is 30.3 Å². The van der Waals surface area contributed by atoms with Gasteiger partial charge in [-0.15, -0.1) is 0 Å². The first-order valence-electron chi connectivity index (χ1n) is 8.37. The molecule has 0 spiro atoms. The Labute approximate surface area is 147 Å². The van der Waals surface area contributed by atoms with E-state index in [0.717, 1.165) is 30.6 Å². The summed E-state index contributed by atoms with van der Waals surface area (Å²) in [7, 11) is 0. The van der Waals surface area contributed by atoms with Crippen molar-refractivity contribution in [1.29, 1.82) is 0 Å². The number of esters is 1. The molecule has 2 aromatic rings.